The molecule has 1 saturated heterocycles. The van der Waals surface area contributed by atoms with Crippen LogP contribution in [0.1, 0.15) is 20.3 Å². The van der Waals surface area contributed by atoms with Crippen molar-refractivity contribution >= 4 is 29.4 Å². The lowest BCUT2D eigenvalue weighted by Gasteiger charge is -2.20. The number of hydrogen-bond acceptors (Lipinski definition) is 5. The molecule has 1 aromatic rings. The predicted molar refractivity (Wildman–Crippen MR) is 87.1 cm³/mol. The van der Waals surface area contributed by atoms with E-state index in [1.807, 2.05) is 0 Å². The second-order valence-corrected chi connectivity index (χ2v) is 6.16. The summed E-state index contributed by atoms with van der Waals surface area (Å²) >= 11 is 0. The van der Waals surface area contributed by atoms with Gasteiger partial charge < -0.3 is 25.4 Å². The number of nitrogens with zero attached hydrogens (tertiary/aromatic N) is 1. The summed E-state index contributed by atoms with van der Waals surface area (Å²) < 4.78 is 13.0. The molecule has 2 rings (SSSR count). The van der Waals surface area contributed by atoms with Crippen molar-refractivity contribution in [2.75, 3.05) is 11.4 Å². The van der Waals surface area contributed by atoms with Crippen LogP contribution in [0.25, 0.3) is 0 Å². The van der Waals surface area contributed by atoms with Crippen molar-refractivity contribution in [3.63, 3.8) is 0 Å². The molecular weight excluding hydrogens is 345 g/mol. The van der Waals surface area contributed by atoms with E-state index in [0.29, 0.717) is 5.69 Å². The van der Waals surface area contributed by atoms with Gasteiger partial charge in [0.2, 0.25) is 17.7 Å². The molecule has 0 unspecified atom stereocenters. The zero-order chi connectivity index (χ0) is 19.4. The number of rotatable bonds is 6. The van der Waals surface area contributed by atoms with Gasteiger partial charge in [0.05, 0.1) is 17.9 Å². The number of carbonyl (C=O) groups excluding carboxylic acids is 4. The first-order valence-electron chi connectivity index (χ1n) is 8.06. The molecule has 8 nitrogen and oxygen atoms in total. The van der Waals surface area contributed by atoms with Gasteiger partial charge in [0.25, 0.3) is 0 Å². The van der Waals surface area contributed by atoms with E-state index in [1.165, 1.54) is 43.0 Å². The molecule has 1 fully saturated rings. The summed E-state index contributed by atoms with van der Waals surface area (Å²) in [5.74, 6) is -3.98. The maximum Gasteiger partial charge on any atom is 0.242 e. The molecule has 1 aliphatic rings. The first kappa shape index (κ1) is 19.4. The maximum absolute atomic E-state index is 13.0. The first-order valence-corrected chi connectivity index (χ1v) is 8.06. The van der Waals surface area contributed by atoms with Crippen molar-refractivity contribution in [3.8, 4) is 0 Å². The molecular formula is C17H19FN3O5-. The molecule has 1 aromatic carbocycles. The smallest absolute Gasteiger partial charge is 0.242 e. The molecule has 0 radical (unpaired) electrons. The summed E-state index contributed by atoms with van der Waals surface area (Å²) in [5, 5.41) is 15.3. The van der Waals surface area contributed by atoms with Crippen LogP contribution < -0.4 is 20.6 Å². The monoisotopic (exact) mass is 364 g/mol. The van der Waals surface area contributed by atoms with Gasteiger partial charge in [0.15, 0.2) is 0 Å². The lowest BCUT2D eigenvalue weighted by Crippen LogP contribution is -2.53. The second-order valence-electron chi connectivity index (χ2n) is 6.16. The average Bonchev–Trinajstić information content (AvgIpc) is 2.97. The van der Waals surface area contributed by atoms with Gasteiger partial charge in [-0.2, -0.15) is 0 Å². The number of benzene rings is 1. The van der Waals surface area contributed by atoms with Gasteiger partial charge in [0.1, 0.15) is 11.9 Å². The Hall–Kier alpha value is -2.97. The van der Waals surface area contributed by atoms with E-state index in [9.17, 15) is 28.7 Å². The molecule has 26 heavy (non-hydrogen) atoms. The van der Waals surface area contributed by atoms with E-state index in [1.54, 1.807) is 0 Å². The largest absolute Gasteiger partial charge is 0.548 e. The molecule has 0 saturated carbocycles. The number of carboxylic acids is 1. The number of carboxylic acid groups (broad SMARTS) is 1. The Kier molecular flexibility index (Phi) is 5.91. The van der Waals surface area contributed by atoms with Crippen molar-refractivity contribution in [1.29, 1.82) is 0 Å². The molecule has 0 aliphatic carbocycles. The molecule has 3 amide bonds. The third kappa shape index (κ3) is 4.56. The molecule has 140 valence electrons. The van der Waals surface area contributed by atoms with Crippen molar-refractivity contribution in [2.24, 2.45) is 5.92 Å². The molecule has 1 heterocycles. The van der Waals surface area contributed by atoms with E-state index in [2.05, 4.69) is 10.6 Å². The molecule has 0 spiro atoms. The van der Waals surface area contributed by atoms with Crippen LogP contribution in [-0.4, -0.2) is 42.3 Å². The lowest BCUT2D eigenvalue weighted by molar-refractivity contribution is -0.307. The Morgan fingerprint density at radius 2 is 1.77 bits per heavy atom. The number of amides is 3. The predicted octanol–water partition coefficient (Wildman–Crippen LogP) is -1.06. The molecule has 0 bridgehead atoms. The first-order chi connectivity index (χ1) is 12.2. The minimum Gasteiger partial charge on any atom is -0.548 e. The Labute approximate surface area is 149 Å². The van der Waals surface area contributed by atoms with Crippen molar-refractivity contribution in [2.45, 2.75) is 32.4 Å². The third-order valence-corrected chi connectivity index (χ3v) is 4.10. The highest BCUT2D eigenvalue weighted by Crippen LogP contribution is 2.25. The second kappa shape index (κ2) is 7.94. The molecule has 2 N–H and O–H groups in total. The summed E-state index contributed by atoms with van der Waals surface area (Å²) in [6.07, 6.45) is -0.0347. The molecule has 1 aliphatic heterocycles. The topological polar surface area (TPSA) is 119 Å². The highest BCUT2D eigenvalue weighted by Gasteiger charge is 2.36. The SMILES string of the molecule is C[C@H](NC(=O)[C@H](C)NC(=O)[C@@H]1CC(=O)N(c2ccc(F)cc2)C1)C(=O)[O-]. The summed E-state index contributed by atoms with van der Waals surface area (Å²) in [4.78, 5) is 48.3. The van der Waals surface area contributed by atoms with Crippen LogP contribution in [0.2, 0.25) is 0 Å². The fourth-order valence-corrected chi connectivity index (χ4v) is 2.55. The standard InChI is InChI=1S/C17H20FN3O5/c1-9(15(23)20-10(2)17(25)26)19-16(24)11-7-14(22)21(8-11)13-5-3-12(18)4-6-13/h3-6,9-11H,7-8H2,1-2H3,(H,19,24)(H,20,23)(H,25,26)/p-1/t9-,10-,11+/m0/s1. The van der Waals surface area contributed by atoms with Gasteiger partial charge in [-0.3, -0.25) is 14.4 Å². The van der Waals surface area contributed by atoms with Gasteiger partial charge in [-0.25, -0.2) is 4.39 Å². The van der Waals surface area contributed by atoms with Gasteiger partial charge >= 0.3 is 0 Å². The summed E-state index contributed by atoms with van der Waals surface area (Å²) in [5.41, 5.74) is 0.486. The Bertz CT molecular complexity index is 722. The van der Waals surface area contributed by atoms with Crippen molar-refractivity contribution < 1.29 is 28.7 Å². The van der Waals surface area contributed by atoms with Crippen LogP contribution in [0.15, 0.2) is 24.3 Å². The van der Waals surface area contributed by atoms with Crippen LogP contribution in [0.5, 0.6) is 0 Å². The minimum absolute atomic E-state index is 0.0347. The summed E-state index contributed by atoms with van der Waals surface area (Å²) in [6, 6.07) is 3.18. The van der Waals surface area contributed by atoms with E-state index in [-0.39, 0.29) is 18.9 Å². The normalized spacial score (nSPS) is 19.0. The average molecular weight is 364 g/mol. The molecule has 9 heteroatoms. The van der Waals surface area contributed by atoms with Crippen molar-refractivity contribution in [3.05, 3.63) is 30.1 Å². The van der Waals surface area contributed by atoms with E-state index in [4.69, 9.17) is 0 Å². The van der Waals surface area contributed by atoms with Crippen LogP contribution in [0.4, 0.5) is 10.1 Å². The van der Waals surface area contributed by atoms with Crippen LogP contribution in [0, 0.1) is 11.7 Å². The van der Waals surface area contributed by atoms with Gasteiger partial charge in [-0.15, -0.1) is 0 Å². The van der Waals surface area contributed by atoms with Crippen LogP contribution in [0.3, 0.4) is 0 Å². The zero-order valence-corrected chi connectivity index (χ0v) is 14.3. The number of aliphatic carboxylic acids is 1. The fraction of sp³-hybridized carbons (Fsp3) is 0.412. The highest BCUT2D eigenvalue weighted by atomic mass is 19.1. The lowest BCUT2D eigenvalue weighted by atomic mass is 10.1. The van der Waals surface area contributed by atoms with Crippen LogP contribution >= 0.6 is 0 Å². The Balaban J connectivity index is 1.94. The number of anilines is 1. The fourth-order valence-electron chi connectivity index (χ4n) is 2.55. The molecule has 0 aromatic heterocycles. The Morgan fingerprint density at radius 3 is 2.35 bits per heavy atom. The summed E-state index contributed by atoms with van der Waals surface area (Å²) in [6.45, 7) is 2.77. The maximum atomic E-state index is 13.0. The zero-order valence-electron chi connectivity index (χ0n) is 14.3. The number of carbonyl (C=O) groups is 4. The quantitative estimate of drug-likeness (QED) is 0.667. The van der Waals surface area contributed by atoms with Gasteiger partial charge in [0, 0.05) is 18.7 Å². The third-order valence-electron chi connectivity index (χ3n) is 4.10. The number of nitrogens with one attached hydrogen (secondary N) is 2. The number of halogens is 1. The highest BCUT2D eigenvalue weighted by molar-refractivity contribution is 6.01. The van der Waals surface area contributed by atoms with Crippen molar-refractivity contribution in [1.82, 2.24) is 10.6 Å². The van der Waals surface area contributed by atoms with E-state index >= 15 is 0 Å². The number of hydrogen-bond donors (Lipinski definition) is 2. The van der Waals surface area contributed by atoms with Gasteiger partial charge in [-0.1, -0.05) is 0 Å². The van der Waals surface area contributed by atoms with Crippen LogP contribution in [-0.2, 0) is 19.2 Å². The van der Waals surface area contributed by atoms with E-state index in [0.717, 1.165) is 0 Å². The summed E-state index contributed by atoms with van der Waals surface area (Å²) in [7, 11) is 0. The van der Waals surface area contributed by atoms with E-state index < -0.39 is 41.6 Å². The van der Waals surface area contributed by atoms with Gasteiger partial charge in [-0.05, 0) is 38.1 Å². The Morgan fingerprint density at radius 1 is 1.15 bits per heavy atom. The minimum atomic E-state index is -1.44. The molecule has 3 atom stereocenters.